The molecule has 0 amide bonds. The fourth-order valence-electron chi connectivity index (χ4n) is 1.51. The second-order valence-electron chi connectivity index (χ2n) is 3.97. The van der Waals surface area contributed by atoms with Gasteiger partial charge in [0.05, 0.1) is 0 Å². The molecule has 0 N–H and O–H groups in total. The van der Waals surface area contributed by atoms with Crippen molar-refractivity contribution in [3.63, 3.8) is 0 Å². The Bertz CT molecular complexity index is 419. The summed E-state index contributed by atoms with van der Waals surface area (Å²) in [5.41, 5.74) is 1.01. The Morgan fingerprint density at radius 3 is 2.47 bits per heavy atom. The molecule has 1 aromatic rings. The average molecular weight is 270 g/mol. The van der Waals surface area contributed by atoms with Crippen LogP contribution >= 0.6 is 0 Å². The number of aryl methyl sites for hydroxylation is 1. The molecule has 19 heavy (non-hydrogen) atoms. The summed E-state index contributed by atoms with van der Waals surface area (Å²) in [4.78, 5) is 0. The maximum Gasteiger partial charge on any atom is 0.448 e. The van der Waals surface area contributed by atoms with Crippen LogP contribution in [0.4, 0.5) is 13.2 Å². The lowest BCUT2D eigenvalue weighted by atomic mass is 10.1. The predicted molar refractivity (Wildman–Crippen MR) is 69.7 cm³/mol. The highest BCUT2D eigenvalue weighted by Crippen LogP contribution is 2.27. The van der Waals surface area contributed by atoms with Gasteiger partial charge in [0.15, 0.2) is 5.76 Å². The van der Waals surface area contributed by atoms with Crippen LogP contribution < -0.4 is 0 Å². The van der Waals surface area contributed by atoms with Crippen LogP contribution in [-0.2, 0) is 11.2 Å². The molecule has 4 heteroatoms. The van der Waals surface area contributed by atoms with E-state index < -0.39 is 11.9 Å². The molecule has 0 saturated carbocycles. The minimum atomic E-state index is -4.43. The molecule has 0 aromatic heterocycles. The highest BCUT2D eigenvalue weighted by Gasteiger charge is 2.35. The monoisotopic (exact) mass is 270 g/mol. The molecular weight excluding hydrogens is 253 g/mol. The maximum absolute atomic E-state index is 12.7. The first-order chi connectivity index (χ1) is 9.04. The van der Waals surface area contributed by atoms with Crippen LogP contribution in [0, 0.1) is 0 Å². The van der Waals surface area contributed by atoms with Crippen LogP contribution in [0.3, 0.4) is 0 Å². The largest absolute Gasteiger partial charge is 0.485 e. The fourth-order valence-corrected chi connectivity index (χ4v) is 1.51. The minimum absolute atomic E-state index is 0.0623. The maximum atomic E-state index is 12.7. The van der Waals surface area contributed by atoms with Gasteiger partial charge < -0.3 is 4.74 Å². The summed E-state index contributed by atoms with van der Waals surface area (Å²) < 4.78 is 42.7. The van der Waals surface area contributed by atoms with Crippen molar-refractivity contribution in [3.05, 3.63) is 59.9 Å². The van der Waals surface area contributed by atoms with Gasteiger partial charge in [0.25, 0.3) is 0 Å². The summed E-state index contributed by atoms with van der Waals surface area (Å²) >= 11 is 0. The van der Waals surface area contributed by atoms with E-state index in [1.54, 1.807) is 13.0 Å². The Labute approximate surface area is 111 Å². The average Bonchev–Trinajstić information content (AvgIpc) is 2.37. The van der Waals surface area contributed by atoms with E-state index in [1.807, 2.05) is 30.3 Å². The van der Waals surface area contributed by atoms with Crippen LogP contribution in [0.1, 0.15) is 18.9 Å². The summed E-state index contributed by atoms with van der Waals surface area (Å²) in [6.45, 7) is 1.67. The number of benzene rings is 1. The van der Waals surface area contributed by atoms with Gasteiger partial charge in [-0.05, 0) is 31.4 Å². The standard InChI is InChI=1S/C15H17F3O/c1-2-3-12-19-14(15(16,17)18)11-7-10-13-8-5-4-6-9-13/h2-6,8-9,11H,7,10,12H2,1H3/b3-2+,14-11+. The van der Waals surface area contributed by atoms with E-state index in [4.69, 9.17) is 4.74 Å². The van der Waals surface area contributed by atoms with Gasteiger partial charge in [-0.25, -0.2) is 0 Å². The molecule has 104 valence electrons. The third-order valence-corrected chi connectivity index (χ3v) is 2.46. The molecule has 0 spiro atoms. The topological polar surface area (TPSA) is 9.23 Å². The van der Waals surface area contributed by atoms with Gasteiger partial charge >= 0.3 is 6.18 Å². The van der Waals surface area contributed by atoms with Crippen LogP contribution in [0.15, 0.2) is 54.3 Å². The van der Waals surface area contributed by atoms with Gasteiger partial charge in [-0.2, -0.15) is 13.2 Å². The van der Waals surface area contributed by atoms with E-state index >= 15 is 0 Å². The van der Waals surface area contributed by atoms with Gasteiger partial charge in [-0.1, -0.05) is 42.5 Å². The normalized spacial score (nSPS) is 12.9. The smallest absolute Gasteiger partial charge is 0.448 e. The van der Waals surface area contributed by atoms with Gasteiger partial charge in [0.1, 0.15) is 6.61 Å². The van der Waals surface area contributed by atoms with Crippen LogP contribution in [0.2, 0.25) is 0 Å². The zero-order valence-electron chi connectivity index (χ0n) is 10.8. The van der Waals surface area contributed by atoms with E-state index in [2.05, 4.69) is 0 Å². The predicted octanol–water partition coefficient (Wildman–Crippen LogP) is 4.66. The first-order valence-corrected chi connectivity index (χ1v) is 6.09. The van der Waals surface area contributed by atoms with E-state index in [-0.39, 0.29) is 6.61 Å². The molecule has 0 aliphatic carbocycles. The van der Waals surface area contributed by atoms with Crippen molar-refractivity contribution in [2.75, 3.05) is 6.61 Å². The number of alkyl halides is 3. The van der Waals surface area contributed by atoms with Crippen molar-refractivity contribution in [1.29, 1.82) is 0 Å². The first-order valence-electron chi connectivity index (χ1n) is 6.09. The number of hydrogen-bond donors (Lipinski definition) is 0. The lowest BCUT2D eigenvalue weighted by Crippen LogP contribution is -2.15. The van der Waals surface area contributed by atoms with E-state index in [1.165, 1.54) is 6.08 Å². The van der Waals surface area contributed by atoms with Crippen LogP contribution in [-0.4, -0.2) is 12.8 Å². The summed E-state index contributed by atoms with van der Waals surface area (Å²) in [5.74, 6) is -0.915. The number of allylic oxidation sites excluding steroid dienone is 3. The molecule has 0 aliphatic rings. The number of ether oxygens (including phenoxy) is 1. The lowest BCUT2D eigenvalue weighted by molar-refractivity contribution is -0.129. The summed E-state index contributed by atoms with van der Waals surface area (Å²) in [6, 6.07) is 9.39. The molecule has 0 fully saturated rings. The molecule has 0 unspecified atom stereocenters. The Hall–Kier alpha value is -1.71. The molecule has 0 aliphatic heterocycles. The highest BCUT2D eigenvalue weighted by molar-refractivity contribution is 5.15. The van der Waals surface area contributed by atoms with Crippen molar-refractivity contribution in [3.8, 4) is 0 Å². The third kappa shape index (κ3) is 6.13. The minimum Gasteiger partial charge on any atom is -0.485 e. The Morgan fingerprint density at radius 2 is 1.89 bits per heavy atom. The third-order valence-electron chi connectivity index (χ3n) is 2.46. The van der Waals surface area contributed by atoms with Gasteiger partial charge in [0.2, 0.25) is 0 Å². The highest BCUT2D eigenvalue weighted by atomic mass is 19.4. The quantitative estimate of drug-likeness (QED) is 0.539. The number of hydrogen-bond acceptors (Lipinski definition) is 1. The molecule has 0 atom stereocenters. The zero-order chi connectivity index (χ0) is 14.1. The van der Waals surface area contributed by atoms with Crippen molar-refractivity contribution >= 4 is 0 Å². The molecule has 0 radical (unpaired) electrons. The van der Waals surface area contributed by atoms with E-state index in [9.17, 15) is 13.2 Å². The van der Waals surface area contributed by atoms with Crippen LogP contribution in [0.5, 0.6) is 0 Å². The van der Waals surface area contributed by atoms with Crippen LogP contribution in [0.25, 0.3) is 0 Å². The summed E-state index contributed by atoms with van der Waals surface area (Å²) in [5, 5.41) is 0. The Morgan fingerprint density at radius 1 is 1.21 bits per heavy atom. The summed E-state index contributed by atoms with van der Waals surface area (Å²) in [6.07, 6.45) is 0.728. The molecule has 1 rings (SSSR count). The number of rotatable bonds is 6. The van der Waals surface area contributed by atoms with Gasteiger partial charge in [0, 0.05) is 0 Å². The second kappa shape index (κ2) is 7.67. The van der Waals surface area contributed by atoms with Crippen molar-refractivity contribution in [1.82, 2.24) is 0 Å². The van der Waals surface area contributed by atoms with Gasteiger partial charge in [-0.15, -0.1) is 0 Å². The van der Waals surface area contributed by atoms with E-state index in [0.29, 0.717) is 12.8 Å². The number of halogens is 3. The first kappa shape index (κ1) is 15.3. The molecule has 1 aromatic carbocycles. The Kier molecular flexibility index (Phi) is 6.19. The summed E-state index contributed by atoms with van der Waals surface area (Å²) in [7, 11) is 0. The molecule has 0 saturated heterocycles. The fraction of sp³-hybridized carbons (Fsp3) is 0.333. The van der Waals surface area contributed by atoms with Crippen molar-refractivity contribution in [2.24, 2.45) is 0 Å². The zero-order valence-corrected chi connectivity index (χ0v) is 10.8. The molecular formula is C15H17F3O. The molecule has 0 bridgehead atoms. The van der Waals surface area contributed by atoms with Crippen molar-refractivity contribution in [2.45, 2.75) is 25.9 Å². The Balaban J connectivity index is 2.57. The SMILES string of the molecule is C/C=C/CO/C(=C/CCc1ccccc1)C(F)(F)F. The second-order valence-corrected chi connectivity index (χ2v) is 3.97. The van der Waals surface area contributed by atoms with E-state index in [0.717, 1.165) is 11.6 Å². The molecule has 1 nitrogen and oxygen atoms in total. The van der Waals surface area contributed by atoms with Gasteiger partial charge in [-0.3, -0.25) is 0 Å². The molecule has 0 heterocycles. The van der Waals surface area contributed by atoms with Crippen molar-refractivity contribution < 1.29 is 17.9 Å². The lowest BCUT2D eigenvalue weighted by Gasteiger charge is -2.12.